The summed E-state index contributed by atoms with van der Waals surface area (Å²) in [6, 6.07) is 9.36. The van der Waals surface area contributed by atoms with Crippen LogP contribution >= 0.6 is 12.4 Å². The molecule has 0 atom stereocenters. The quantitative estimate of drug-likeness (QED) is 0.849. The molecule has 15 heavy (non-hydrogen) atoms. The van der Waals surface area contributed by atoms with E-state index >= 15 is 0 Å². The van der Waals surface area contributed by atoms with Gasteiger partial charge >= 0.3 is 0 Å². The molecule has 2 rings (SSSR count). The van der Waals surface area contributed by atoms with Crippen LogP contribution in [0.5, 0.6) is 11.5 Å². The number of hydrogen-bond donors (Lipinski definition) is 1. The molecule has 0 aliphatic heterocycles. The zero-order chi connectivity index (χ0) is 9.80. The molecule has 0 aliphatic rings. The zero-order valence-electron chi connectivity index (χ0n) is 7.83. The molecule has 78 valence electrons. The molecule has 0 aliphatic carbocycles. The van der Waals surface area contributed by atoms with Crippen LogP contribution < -0.4 is 10.5 Å². The Balaban J connectivity index is 0.00000112. The van der Waals surface area contributed by atoms with E-state index in [1.807, 2.05) is 30.3 Å². The summed E-state index contributed by atoms with van der Waals surface area (Å²) in [5, 5.41) is 0. The molecule has 0 amide bonds. The maximum atomic E-state index is 5.59. The molecule has 4 nitrogen and oxygen atoms in total. The highest BCUT2D eigenvalue weighted by atomic mass is 35.5. The second-order valence-electron chi connectivity index (χ2n) is 2.69. The number of rotatable bonds is 2. The van der Waals surface area contributed by atoms with Gasteiger partial charge in [-0.05, 0) is 12.1 Å². The molecule has 1 aromatic carbocycles. The van der Waals surface area contributed by atoms with E-state index in [1.54, 1.807) is 0 Å². The highest BCUT2D eigenvalue weighted by molar-refractivity contribution is 5.85. The Labute approximate surface area is 93.5 Å². The maximum Gasteiger partial charge on any atom is 0.187 e. The second-order valence-corrected chi connectivity index (χ2v) is 2.69. The Morgan fingerprint density at radius 2 is 1.87 bits per heavy atom. The van der Waals surface area contributed by atoms with Crippen molar-refractivity contribution in [3.63, 3.8) is 0 Å². The first kappa shape index (κ1) is 11.3. The summed E-state index contributed by atoms with van der Waals surface area (Å²) in [4.78, 5) is 7.64. The number of benzene rings is 1. The van der Waals surface area contributed by atoms with Gasteiger partial charge in [0, 0.05) is 0 Å². The summed E-state index contributed by atoms with van der Waals surface area (Å²) in [7, 11) is 0. The lowest BCUT2D eigenvalue weighted by atomic mass is 10.3. The van der Waals surface area contributed by atoms with E-state index in [0.29, 0.717) is 17.3 Å². The molecule has 0 saturated heterocycles. The van der Waals surface area contributed by atoms with Gasteiger partial charge in [0.25, 0.3) is 0 Å². The fourth-order valence-electron chi connectivity index (χ4n) is 1.02. The van der Waals surface area contributed by atoms with Crippen molar-refractivity contribution in [1.82, 2.24) is 9.97 Å². The standard InChI is InChI=1S/C10H9N3O.ClH/c11-10-9(6-12-7-13-10)14-8-4-2-1-3-5-8;/h1-7H,(H2,11,12,13);1H. The minimum absolute atomic E-state index is 0. The summed E-state index contributed by atoms with van der Waals surface area (Å²) < 4.78 is 5.46. The van der Waals surface area contributed by atoms with Gasteiger partial charge in [-0.25, -0.2) is 9.97 Å². The summed E-state index contributed by atoms with van der Waals surface area (Å²) in [5.74, 6) is 1.52. The van der Waals surface area contributed by atoms with Gasteiger partial charge in [-0.15, -0.1) is 12.4 Å². The van der Waals surface area contributed by atoms with Crippen LogP contribution in [0, 0.1) is 0 Å². The van der Waals surface area contributed by atoms with Gasteiger partial charge in [0.15, 0.2) is 11.6 Å². The molecular formula is C10H10ClN3O. The molecule has 2 N–H and O–H groups in total. The number of para-hydroxylation sites is 1. The molecule has 0 spiro atoms. The van der Waals surface area contributed by atoms with Gasteiger partial charge in [-0.2, -0.15) is 0 Å². The van der Waals surface area contributed by atoms with Gasteiger partial charge in [0.2, 0.25) is 0 Å². The molecular weight excluding hydrogens is 214 g/mol. The van der Waals surface area contributed by atoms with Gasteiger partial charge in [-0.3, -0.25) is 0 Å². The van der Waals surface area contributed by atoms with Crippen molar-refractivity contribution in [2.45, 2.75) is 0 Å². The third-order valence-electron chi connectivity index (χ3n) is 1.68. The Bertz CT molecular complexity index is 422. The van der Waals surface area contributed by atoms with E-state index in [9.17, 15) is 0 Å². The SMILES string of the molecule is Cl.Nc1ncncc1Oc1ccccc1. The lowest BCUT2D eigenvalue weighted by Gasteiger charge is -2.05. The summed E-state index contributed by atoms with van der Waals surface area (Å²) in [6.07, 6.45) is 2.92. The van der Waals surface area contributed by atoms with Crippen LogP contribution in [0.2, 0.25) is 0 Å². The monoisotopic (exact) mass is 223 g/mol. The van der Waals surface area contributed by atoms with Crippen molar-refractivity contribution >= 4 is 18.2 Å². The van der Waals surface area contributed by atoms with Crippen molar-refractivity contribution in [1.29, 1.82) is 0 Å². The maximum absolute atomic E-state index is 5.59. The Morgan fingerprint density at radius 3 is 2.53 bits per heavy atom. The zero-order valence-corrected chi connectivity index (χ0v) is 8.65. The summed E-state index contributed by atoms with van der Waals surface area (Å²) in [6.45, 7) is 0. The van der Waals surface area contributed by atoms with Crippen LogP contribution in [-0.2, 0) is 0 Å². The lowest BCUT2D eigenvalue weighted by molar-refractivity contribution is 0.480. The molecule has 0 fully saturated rings. The van der Waals surface area contributed by atoms with Crippen molar-refractivity contribution < 1.29 is 4.74 Å². The van der Waals surface area contributed by atoms with Crippen LogP contribution in [0.15, 0.2) is 42.9 Å². The second kappa shape index (κ2) is 5.17. The molecule has 0 bridgehead atoms. The van der Waals surface area contributed by atoms with Crippen molar-refractivity contribution in [2.75, 3.05) is 5.73 Å². The molecule has 0 saturated carbocycles. The lowest BCUT2D eigenvalue weighted by Crippen LogP contribution is -1.95. The predicted molar refractivity (Wildman–Crippen MR) is 60.2 cm³/mol. The number of hydrogen-bond acceptors (Lipinski definition) is 4. The van der Waals surface area contributed by atoms with Gasteiger partial charge in [-0.1, -0.05) is 18.2 Å². The van der Waals surface area contributed by atoms with E-state index in [1.165, 1.54) is 12.5 Å². The summed E-state index contributed by atoms with van der Waals surface area (Å²) >= 11 is 0. The van der Waals surface area contributed by atoms with E-state index in [4.69, 9.17) is 10.5 Å². The molecule has 5 heteroatoms. The van der Waals surface area contributed by atoms with Crippen molar-refractivity contribution in [3.05, 3.63) is 42.9 Å². The van der Waals surface area contributed by atoms with E-state index in [2.05, 4.69) is 9.97 Å². The first-order chi connectivity index (χ1) is 6.86. The number of ether oxygens (including phenoxy) is 1. The Hall–Kier alpha value is -1.81. The molecule has 0 radical (unpaired) electrons. The molecule has 1 aromatic heterocycles. The fraction of sp³-hybridized carbons (Fsp3) is 0. The number of nitrogens with zero attached hydrogens (tertiary/aromatic N) is 2. The van der Waals surface area contributed by atoms with Crippen LogP contribution in [0.3, 0.4) is 0 Å². The van der Waals surface area contributed by atoms with Crippen LogP contribution in [-0.4, -0.2) is 9.97 Å². The Morgan fingerprint density at radius 1 is 1.13 bits per heavy atom. The third kappa shape index (κ3) is 2.82. The van der Waals surface area contributed by atoms with Gasteiger partial charge in [0.05, 0.1) is 6.20 Å². The predicted octanol–water partition coefficient (Wildman–Crippen LogP) is 2.27. The number of anilines is 1. The molecule has 1 heterocycles. The number of halogens is 1. The minimum Gasteiger partial charge on any atom is -0.452 e. The van der Waals surface area contributed by atoms with Gasteiger partial charge < -0.3 is 10.5 Å². The first-order valence-electron chi connectivity index (χ1n) is 4.14. The Kier molecular flexibility index (Phi) is 3.88. The van der Waals surface area contributed by atoms with E-state index in [0.717, 1.165) is 0 Å². The van der Waals surface area contributed by atoms with Crippen molar-refractivity contribution in [2.24, 2.45) is 0 Å². The first-order valence-corrected chi connectivity index (χ1v) is 4.14. The number of nitrogens with two attached hydrogens (primary N) is 1. The van der Waals surface area contributed by atoms with Gasteiger partial charge in [0.1, 0.15) is 12.1 Å². The van der Waals surface area contributed by atoms with Crippen LogP contribution in [0.4, 0.5) is 5.82 Å². The average Bonchev–Trinajstić information content (AvgIpc) is 2.23. The molecule has 0 unspecified atom stereocenters. The largest absolute Gasteiger partial charge is 0.452 e. The smallest absolute Gasteiger partial charge is 0.187 e. The fourth-order valence-corrected chi connectivity index (χ4v) is 1.02. The highest BCUT2D eigenvalue weighted by Gasteiger charge is 2.01. The molecule has 2 aromatic rings. The number of nitrogen functional groups attached to an aromatic ring is 1. The number of aromatic nitrogens is 2. The van der Waals surface area contributed by atoms with E-state index < -0.39 is 0 Å². The van der Waals surface area contributed by atoms with Crippen LogP contribution in [0.1, 0.15) is 0 Å². The third-order valence-corrected chi connectivity index (χ3v) is 1.68. The topological polar surface area (TPSA) is 61.0 Å². The van der Waals surface area contributed by atoms with E-state index in [-0.39, 0.29) is 12.4 Å². The highest BCUT2D eigenvalue weighted by Crippen LogP contribution is 2.23. The summed E-state index contributed by atoms with van der Waals surface area (Å²) in [5.41, 5.74) is 5.59. The van der Waals surface area contributed by atoms with Crippen LogP contribution in [0.25, 0.3) is 0 Å². The normalized spacial score (nSPS) is 9.07. The minimum atomic E-state index is 0. The van der Waals surface area contributed by atoms with Crippen molar-refractivity contribution in [3.8, 4) is 11.5 Å². The average molecular weight is 224 g/mol.